The van der Waals surface area contributed by atoms with Crippen LogP contribution in [0.3, 0.4) is 0 Å². The first-order chi connectivity index (χ1) is 8.31. The molecule has 18 heavy (non-hydrogen) atoms. The van der Waals surface area contributed by atoms with Gasteiger partial charge in [-0.2, -0.15) is 4.98 Å². The molecule has 2 rings (SSSR count). The third-order valence-corrected chi connectivity index (χ3v) is 4.68. The highest BCUT2D eigenvalue weighted by Crippen LogP contribution is 2.48. The SMILES string of the molecule is COC(=O)C1(c2nc(C(C)S(C)(=O)=O)no2)CC1. The van der Waals surface area contributed by atoms with Gasteiger partial charge in [-0.15, -0.1) is 0 Å². The molecule has 1 aromatic rings. The number of rotatable bonds is 4. The van der Waals surface area contributed by atoms with E-state index in [1.54, 1.807) is 0 Å². The first-order valence-electron chi connectivity index (χ1n) is 5.42. The normalized spacial score (nSPS) is 19.3. The second-order valence-electron chi connectivity index (χ2n) is 4.50. The van der Waals surface area contributed by atoms with Crippen molar-refractivity contribution in [3.05, 3.63) is 11.7 Å². The van der Waals surface area contributed by atoms with E-state index >= 15 is 0 Å². The van der Waals surface area contributed by atoms with Crippen LogP contribution in [-0.4, -0.2) is 37.9 Å². The van der Waals surface area contributed by atoms with Crippen LogP contribution in [0.2, 0.25) is 0 Å². The maximum Gasteiger partial charge on any atom is 0.321 e. The molecule has 0 bridgehead atoms. The Hall–Kier alpha value is -1.44. The minimum atomic E-state index is -3.29. The smallest absolute Gasteiger partial charge is 0.321 e. The van der Waals surface area contributed by atoms with Crippen molar-refractivity contribution in [2.24, 2.45) is 0 Å². The summed E-state index contributed by atoms with van der Waals surface area (Å²) in [5.41, 5.74) is -0.864. The number of esters is 1. The van der Waals surface area contributed by atoms with E-state index in [9.17, 15) is 13.2 Å². The fourth-order valence-corrected chi connectivity index (χ4v) is 2.09. The number of carbonyl (C=O) groups excluding carboxylic acids is 1. The molecule has 1 aliphatic carbocycles. The standard InChI is InChI=1S/C10H14N2O5S/c1-6(18(3,14)15)7-11-8(17-12-7)10(4-5-10)9(13)16-2/h6H,4-5H2,1-3H3. The van der Waals surface area contributed by atoms with E-state index in [1.165, 1.54) is 14.0 Å². The summed E-state index contributed by atoms with van der Waals surface area (Å²) >= 11 is 0. The molecule has 0 radical (unpaired) electrons. The van der Waals surface area contributed by atoms with E-state index in [0.717, 1.165) is 6.26 Å². The van der Waals surface area contributed by atoms with Gasteiger partial charge in [0.1, 0.15) is 10.7 Å². The summed E-state index contributed by atoms with van der Waals surface area (Å²) in [6.07, 6.45) is 2.25. The molecule has 100 valence electrons. The lowest BCUT2D eigenvalue weighted by Crippen LogP contribution is -2.22. The number of carbonyl (C=O) groups is 1. The van der Waals surface area contributed by atoms with Crippen LogP contribution >= 0.6 is 0 Å². The second-order valence-corrected chi connectivity index (χ2v) is 6.87. The molecule has 1 unspecified atom stereocenters. The van der Waals surface area contributed by atoms with Crippen LogP contribution in [0.15, 0.2) is 4.52 Å². The van der Waals surface area contributed by atoms with Gasteiger partial charge in [0.05, 0.1) is 7.11 Å². The molecule has 1 fully saturated rings. The lowest BCUT2D eigenvalue weighted by molar-refractivity contribution is -0.144. The predicted octanol–water partition coefficient (Wildman–Crippen LogP) is 0.380. The molecule has 0 aliphatic heterocycles. The number of ether oxygens (including phenoxy) is 1. The van der Waals surface area contributed by atoms with Crippen LogP contribution in [0.4, 0.5) is 0 Å². The summed E-state index contributed by atoms with van der Waals surface area (Å²) in [6.45, 7) is 1.47. The molecule has 1 saturated carbocycles. The van der Waals surface area contributed by atoms with Crippen molar-refractivity contribution in [3.63, 3.8) is 0 Å². The Morgan fingerprint density at radius 1 is 1.50 bits per heavy atom. The summed E-state index contributed by atoms with van der Waals surface area (Å²) in [7, 11) is -2.00. The number of hydrogen-bond donors (Lipinski definition) is 0. The Morgan fingerprint density at radius 2 is 2.11 bits per heavy atom. The summed E-state index contributed by atoms with van der Waals surface area (Å²) in [6, 6.07) is 0. The number of methoxy groups -OCH3 is 1. The molecule has 7 nitrogen and oxygen atoms in total. The van der Waals surface area contributed by atoms with Crippen molar-refractivity contribution in [2.75, 3.05) is 13.4 Å². The van der Waals surface area contributed by atoms with Crippen molar-refractivity contribution >= 4 is 15.8 Å². The minimum absolute atomic E-state index is 0.0719. The Bertz CT molecular complexity index is 573. The van der Waals surface area contributed by atoms with E-state index in [4.69, 9.17) is 4.52 Å². The largest absolute Gasteiger partial charge is 0.468 e. The maximum atomic E-state index is 11.6. The van der Waals surface area contributed by atoms with E-state index in [0.29, 0.717) is 12.8 Å². The molecular formula is C10H14N2O5S. The van der Waals surface area contributed by atoms with Crippen LogP contribution in [-0.2, 0) is 24.8 Å². The molecular weight excluding hydrogens is 260 g/mol. The van der Waals surface area contributed by atoms with Gasteiger partial charge in [0.2, 0.25) is 5.89 Å². The first kappa shape index (κ1) is 13.0. The van der Waals surface area contributed by atoms with Gasteiger partial charge in [0.25, 0.3) is 0 Å². The monoisotopic (exact) mass is 274 g/mol. The maximum absolute atomic E-state index is 11.6. The van der Waals surface area contributed by atoms with E-state index < -0.39 is 26.5 Å². The number of hydrogen-bond acceptors (Lipinski definition) is 7. The summed E-state index contributed by atoms with van der Waals surface area (Å²) in [4.78, 5) is 15.6. The molecule has 0 amide bonds. The first-order valence-corrected chi connectivity index (χ1v) is 7.38. The van der Waals surface area contributed by atoms with Gasteiger partial charge in [-0.25, -0.2) is 8.42 Å². The number of sulfone groups is 1. The van der Waals surface area contributed by atoms with Gasteiger partial charge in [0, 0.05) is 6.26 Å². The zero-order valence-electron chi connectivity index (χ0n) is 10.3. The van der Waals surface area contributed by atoms with Gasteiger partial charge in [-0.1, -0.05) is 5.16 Å². The molecule has 8 heteroatoms. The fraction of sp³-hybridized carbons (Fsp3) is 0.700. The van der Waals surface area contributed by atoms with Crippen LogP contribution in [0.25, 0.3) is 0 Å². The van der Waals surface area contributed by atoms with Crippen LogP contribution in [0.1, 0.15) is 36.7 Å². The Balaban J connectivity index is 2.30. The average molecular weight is 274 g/mol. The number of aromatic nitrogens is 2. The lowest BCUT2D eigenvalue weighted by Gasteiger charge is -2.06. The van der Waals surface area contributed by atoms with Crippen LogP contribution in [0.5, 0.6) is 0 Å². The fourth-order valence-electron chi connectivity index (χ4n) is 1.61. The van der Waals surface area contributed by atoms with Crippen molar-refractivity contribution < 1.29 is 22.5 Å². The Labute approximate surface area is 104 Å². The summed E-state index contributed by atoms with van der Waals surface area (Å²) in [5, 5.41) is 2.77. The third-order valence-electron chi connectivity index (χ3n) is 3.18. The van der Waals surface area contributed by atoms with Gasteiger partial charge in [-0.05, 0) is 19.8 Å². The van der Waals surface area contributed by atoms with Gasteiger partial charge < -0.3 is 9.26 Å². The van der Waals surface area contributed by atoms with Crippen LogP contribution in [0, 0.1) is 0 Å². The zero-order chi connectivity index (χ0) is 13.6. The molecule has 0 N–H and O–H groups in total. The van der Waals surface area contributed by atoms with Crippen LogP contribution < -0.4 is 0 Å². The molecule has 0 aromatic carbocycles. The van der Waals surface area contributed by atoms with E-state index in [-0.39, 0.29) is 11.7 Å². The quantitative estimate of drug-likeness (QED) is 0.732. The van der Waals surface area contributed by atoms with Crippen molar-refractivity contribution in [1.29, 1.82) is 0 Å². The summed E-state index contributed by atoms with van der Waals surface area (Å²) in [5.74, 6) is -0.216. The minimum Gasteiger partial charge on any atom is -0.468 e. The second kappa shape index (κ2) is 4.04. The van der Waals surface area contributed by atoms with Crippen molar-refractivity contribution in [2.45, 2.75) is 30.4 Å². The lowest BCUT2D eigenvalue weighted by atomic mass is 10.1. The molecule has 1 aromatic heterocycles. The molecule has 1 heterocycles. The highest BCUT2D eigenvalue weighted by atomic mass is 32.2. The van der Waals surface area contributed by atoms with Crippen molar-refractivity contribution in [1.82, 2.24) is 10.1 Å². The molecule has 0 saturated heterocycles. The predicted molar refractivity (Wildman–Crippen MR) is 60.5 cm³/mol. The Morgan fingerprint density at radius 3 is 2.56 bits per heavy atom. The Kier molecular flexibility index (Phi) is 2.92. The van der Waals surface area contributed by atoms with Gasteiger partial charge >= 0.3 is 5.97 Å². The number of nitrogens with zero attached hydrogens (tertiary/aromatic N) is 2. The highest BCUT2D eigenvalue weighted by Gasteiger charge is 2.57. The summed E-state index contributed by atoms with van der Waals surface area (Å²) < 4.78 is 32.5. The molecule has 1 aliphatic rings. The van der Waals surface area contributed by atoms with Gasteiger partial charge in [0.15, 0.2) is 15.7 Å². The van der Waals surface area contributed by atoms with Crippen molar-refractivity contribution in [3.8, 4) is 0 Å². The van der Waals surface area contributed by atoms with Gasteiger partial charge in [-0.3, -0.25) is 4.79 Å². The third kappa shape index (κ3) is 2.00. The van der Waals surface area contributed by atoms with E-state index in [1.807, 2.05) is 0 Å². The average Bonchev–Trinajstić information content (AvgIpc) is 2.97. The molecule has 0 spiro atoms. The zero-order valence-corrected chi connectivity index (χ0v) is 11.2. The topological polar surface area (TPSA) is 99.4 Å². The molecule has 1 atom stereocenters. The van der Waals surface area contributed by atoms with E-state index in [2.05, 4.69) is 14.9 Å². The highest BCUT2D eigenvalue weighted by molar-refractivity contribution is 7.90.